The quantitative estimate of drug-likeness (QED) is 0.646. The van der Waals surface area contributed by atoms with E-state index < -0.39 is 17.7 Å². The second-order valence-electron chi connectivity index (χ2n) is 6.51. The number of aliphatic hydroxyl groups is 2. The van der Waals surface area contributed by atoms with Crippen LogP contribution in [-0.4, -0.2) is 33.9 Å². The molecule has 3 fully saturated rings. The molecule has 0 spiro atoms. The van der Waals surface area contributed by atoms with Gasteiger partial charge in [-0.3, -0.25) is 4.79 Å². The van der Waals surface area contributed by atoms with E-state index in [-0.39, 0.29) is 23.7 Å². The largest absolute Gasteiger partial charge is 0.432 e. The summed E-state index contributed by atoms with van der Waals surface area (Å²) in [5.74, 6) is -2.09. The van der Waals surface area contributed by atoms with Crippen molar-refractivity contribution in [2.75, 3.05) is 0 Å². The molecule has 1 saturated carbocycles. The van der Waals surface area contributed by atoms with Gasteiger partial charge in [-0.1, -0.05) is 13.3 Å². The van der Waals surface area contributed by atoms with E-state index in [0.29, 0.717) is 12.8 Å². The van der Waals surface area contributed by atoms with Crippen LogP contribution in [0.25, 0.3) is 0 Å². The highest BCUT2D eigenvalue weighted by Gasteiger charge is 2.62. The molecule has 2 heterocycles. The van der Waals surface area contributed by atoms with Crippen molar-refractivity contribution in [1.82, 2.24) is 0 Å². The Balaban J connectivity index is 2.01. The Morgan fingerprint density at radius 3 is 2.74 bits per heavy atom. The van der Waals surface area contributed by atoms with Gasteiger partial charge in [0.1, 0.15) is 5.60 Å². The third-order valence-corrected chi connectivity index (χ3v) is 5.21. The minimum absolute atomic E-state index is 0.0285. The molecule has 6 unspecified atom stereocenters. The van der Waals surface area contributed by atoms with Gasteiger partial charge in [-0.25, -0.2) is 0 Å². The first kappa shape index (κ1) is 13.3. The Morgan fingerprint density at radius 1 is 1.26 bits per heavy atom. The summed E-state index contributed by atoms with van der Waals surface area (Å²) in [7, 11) is 0. The molecule has 0 bridgehead atoms. The van der Waals surface area contributed by atoms with Crippen molar-refractivity contribution in [1.29, 1.82) is 0 Å². The lowest BCUT2D eigenvalue weighted by atomic mass is 9.62. The van der Waals surface area contributed by atoms with E-state index in [1.165, 1.54) is 0 Å². The highest BCUT2D eigenvalue weighted by Crippen LogP contribution is 2.52. The van der Waals surface area contributed by atoms with Crippen LogP contribution in [0.2, 0.25) is 0 Å². The molecule has 0 aromatic carbocycles. The number of carbonyl (C=O) groups is 1. The number of hydrogen-bond donors (Lipinski definition) is 2. The fourth-order valence-electron chi connectivity index (χ4n) is 4.06. The van der Waals surface area contributed by atoms with Crippen LogP contribution in [0.1, 0.15) is 46.0 Å². The average molecular weight is 270 g/mol. The maximum atomic E-state index is 11.9. The average Bonchev–Trinajstić information content (AvgIpc) is 2.42. The van der Waals surface area contributed by atoms with Crippen molar-refractivity contribution in [3.8, 4) is 0 Å². The summed E-state index contributed by atoms with van der Waals surface area (Å²) in [5.41, 5.74) is -1.15. The van der Waals surface area contributed by atoms with Gasteiger partial charge in [-0.15, -0.1) is 0 Å². The van der Waals surface area contributed by atoms with Crippen LogP contribution < -0.4 is 0 Å². The van der Waals surface area contributed by atoms with Gasteiger partial charge in [0, 0.05) is 12.3 Å². The molecule has 3 aliphatic rings. The molecule has 1 aliphatic carbocycles. The summed E-state index contributed by atoms with van der Waals surface area (Å²) in [4.78, 5) is 11.9. The lowest BCUT2D eigenvalue weighted by molar-refractivity contribution is -0.343. The molecular weight excluding hydrogens is 248 g/mol. The van der Waals surface area contributed by atoms with Crippen LogP contribution in [0.3, 0.4) is 0 Å². The second-order valence-corrected chi connectivity index (χ2v) is 6.51. The van der Waals surface area contributed by atoms with Crippen molar-refractivity contribution >= 4 is 5.97 Å². The van der Waals surface area contributed by atoms with E-state index in [0.717, 1.165) is 19.3 Å². The zero-order valence-corrected chi connectivity index (χ0v) is 11.5. The lowest BCUT2D eigenvalue weighted by Crippen LogP contribution is -2.64. The predicted molar refractivity (Wildman–Crippen MR) is 65.8 cm³/mol. The lowest BCUT2D eigenvalue weighted by Gasteiger charge is -2.52. The van der Waals surface area contributed by atoms with E-state index in [4.69, 9.17) is 9.47 Å². The van der Waals surface area contributed by atoms with Crippen molar-refractivity contribution < 1.29 is 24.5 Å². The third kappa shape index (κ3) is 1.90. The molecule has 2 N–H and O–H groups in total. The molecule has 6 atom stereocenters. The zero-order chi connectivity index (χ0) is 13.8. The number of rotatable bonds is 0. The van der Waals surface area contributed by atoms with Gasteiger partial charge in [0.05, 0.1) is 5.92 Å². The van der Waals surface area contributed by atoms with Gasteiger partial charge >= 0.3 is 5.97 Å². The first-order chi connectivity index (χ1) is 8.84. The highest BCUT2D eigenvalue weighted by atomic mass is 16.8. The van der Waals surface area contributed by atoms with Crippen LogP contribution in [0.15, 0.2) is 0 Å². The minimum atomic E-state index is -1.34. The Labute approximate surface area is 112 Å². The molecule has 0 aromatic heterocycles. The molecule has 108 valence electrons. The molecule has 0 radical (unpaired) electrons. The fraction of sp³-hybridized carbons (Fsp3) is 0.929. The molecule has 5 nitrogen and oxygen atoms in total. The summed E-state index contributed by atoms with van der Waals surface area (Å²) < 4.78 is 10.8. The Kier molecular flexibility index (Phi) is 2.93. The Bertz CT molecular complexity index is 393. The normalized spacial score (nSPS) is 54.0. The second kappa shape index (κ2) is 4.17. The van der Waals surface area contributed by atoms with Gasteiger partial charge in [-0.05, 0) is 32.1 Å². The Morgan fingerprint density at radius 2 is 2.00 bits per heavy atom. The molecular formula is C14H22O5. The smallest absolute Gasteiger partial charge is 0.311 e. The van der Waals surface area contributed by atoms with E-state index in [1.807, 2.05) is 6.92 Å². The third-order valence-electron chi connectivity index (χ3n) is 5.21. The van der Waals surface area contributed by atoms with Crippen molar-refractivity contribution in [2.24, 2.45) is 17.8 Å². The van der Waals surface area contributed by atoms with Crippen LogP contribution in [0, 0.1) is 17.8 Å². The maximum Gasteiger partial charge on any atom is 0.311 e. The van der Waals surface area contributed by atoms with Gasteiger partial charge < -0.3 is 19.7 Å². The van der Waals surface area contributed by atoms with E-state index >= 15 is 0 Å². The van der Waals surface area contributed by atoms with Crippen LogP contribution in [0.5, 0.6) is 0 Å². The van der Waals surface area contributed by atoms with E-state index in [1.54, 1.807) is 6.92 Å². The summed E-state index contributed by atoms with van der Waals surface area (Å²) in [6.07, 6.45) is 2.82. The minimum Gasteiger partial charge on any atom is -0.432 e. The summed E-state index contributed by atoms with van der Waals surface area (Å²) in [6, 6.07) is 0. The van der Waals surface area contributed by atoms with Crippen LogP contribution >= 0.6 is 0 Å². The van der Waals surface area contributed by atoms with Gasteiger partial charge in [0.25, 0.3) is 0 Å². The number of carbonyl (C=O) groups excluding carboxylic acids is 1. The van der Waals surface area contributed by atoms with Crippen molar-refractivity contribution in [2.45, 2.75) is 63.6 Å². The number of ether oxygens (including phenoxy) is 2. The highest BCUT2D eigenvalue weighted by molar-refractivity contribution is 5.74. The van der Waals surface area contributed by atoms with Gasteiger partial charge in [0.2, 0.25) is 6.29 Å². The summed E-state index contributed by atoms with van der Waals surface area (Å²) in [6.45, 7) is 3.38. The van der Waals surface area contributed by atoms with Crippen molar-refractivity contribution in [3.05, 3.63) is 0 Å². The molecule has 19 heavy (non-hydrogen) atoms. The van der Waals surface area contributed by atoms with Crippen LogP contribution in [0.4, 0.5) is 0 Å². The molecule has 0 aromatic rings. The van der Waals surface area contributed by atoms with Gasteiger partial charge in [-0.2, -0.15) is 0 Å². The first-order valence-electron chi connectivity index (χ1n) is 7.17. The molecule has 2 saturated heterocycles. The number of esters is 1. The molecule has 3 rings (SSSR count). The van der Waals surface area contributed by atoms with Gasteiger partial charge in [0.15, 0.2) is 5.79 Å². The maximum absolute atomic E-state index is 11.9. The fourth-order valence-corrected chi connectivity index (χ4v) is 4.06. The topological polar surface area (TPSA) is 76.0 Å². The zero-order valence-electron chi connectivity index (χ0n) is 11.5. The monoisotopic (exact) mass is 270 g/mol. The number of hydrogen-bond acceptors (Lipinski definition) is 5. The standard InChI is InChI=1S/C14H22O5/c1-8-10-5-3-4-9-6-7-13(2,16)19-12(14(9,10)17)18-11(8)15/h8-10,12,16-17H,3-7H2,1-2H3. The molecule has 0 amide bonds. The van der Waals surface area contributed by atoms with Crippen LogP contribution in [-0.2, 0) is 14.3 Å². The SMILES string of the molecule is CC1C(=O)OC2OC(C)(O)CCC3CCCC1C32O. The summed E-state index contributed by atoms with van der Waals surface area (Å²) >= 11 is 0. The Hall–Kier alpha value is -0.650. The molecule has 5 heteroatoms. The van der Waals surface area contributed by atoms with Crippen molar-refractivity contribution in [3.63, 3.8) is 0 Å². The first-order valence-corrected chi connectivity index (χ1v) is 7.17. The summed E-state index contributed by atoms with van der Waals surface area (Å²) in [5, 5.41) is 21.3. The van der Waals surface area contributed by atoms with E-state index in [9.17, 15) is 15.0 Å². The van der Waals surface area contributed by atoms with E-state index in [2.05, 4.69) is 0 Å². The molecule has 2 aliphatic heterocycles. The predicted octanol–water partition coefficient (Wildman–Crippen LogP) is 1.17.